The molecule has 0 aliphatic heterocycles. The minimum atomic E-state index is -1.31. The molecule has 0 amide bonds. The van der Waals surface area contributed by atoms with Gasteiger partial charge in [-0.2, -0.15) is 0 Å². The maximum Gasteiger partial charge on any atom is 0.331 e. The molecule has 0 aromatic rings. The maximum atomic E-state index is 10.9. The normalized spacial score (nSPS) is 25.8. The molecular weight excluding hydrogens is 304 g/mol. The van der Waals surface area contributed by atoms with E-state index in [1.165, 1.54) is 18.2 Å². The van der Waals surface area contributed by atoms with Crippen molar-refractivity contribution in [2.75, 3.05) is 6.61 Å². The molecule has 1 aliphatic carbocycles. The number of aliphatic hydroxyl groups excluding tert-OH is 1. The molecule has 0 fully saturated rings. The van der Waals surface area contributed by atoms with Gasteiger partial charge in [0.1, 0.15) is 4.32 Å². The highest BCUT2D eigenvalue weighted by molar-refractivity contribution is 9.10. The van der Waals surface area contributed by atoms with E-state index in [1.807, 2.05) is 6.92 Å². The number of carbonyl (C=O) groups is 2. The van der Waals surface area contributed by atoms with Gasteiger partial charge in [-0.3, -0.25) is 4.79 Å². The van der Waals surface area contributed by atoms with E-state index in [0.29, 0.717) is 6.61 Å². The van der Waals surface area contributed by atoms with Crippen molar-refractivity contribution in [3.8, 4) is 0 Å². The number of rotatable bonds is 3. The molecule has 0 saturated heterocycles. The smallest absolute Gasteiger partial charge is 0.331 e. The lowest BCUT2D eigenvalue weighted by molar-refractivity contribution is -0.139. The molecular formula is C12H17BrO5. The van der Waals surface area contributed by atoms with Crippen molar-refractivity contribution < 1.29 is 24.9 Å². The predicted octanol–water partition coefficient (Wildman–Crippen LogP) is 1.81. The summed E-state index contributed by atoms with van der Waals surface area (Å²) in [5.74, 6) is -2.79. The van der Waals surface area contributed by atoms with Gasteiger partial charge < -0.3 is 15.3 Å². The fraction of sp³-hybridized carbons (Fsp3) is 0.500. The molecule has 0 bridgehead atoms. The van der Waals surface area contributed by atoms with Crippen molar-refractivity contribution in [3.63, 3.8) is 0 Å². The van der Waals surface area contributed by atoms with Crippen LogP contribution in [-0.2, 0) is 9.59 Å². The van der Waals surface area contributed by atoms with Gasteiger partial charge in [-0.15, -0.1) is 0 Å². The Bertz CT molecular complexity index is 373. The number of allylic oxidation sites excluding steroid dienone is 2. The minimum Gasteiger partial charge on any atom is -0.480 e. The molecule has 102 valence electrons. The van der Waals surface area contributed by atoms with E-state index in [9.17, 15) is 9.59 Å². The van der Waals surface area contributed by atoms with Crippen LogP contribution >= 0.6 is 15.9 Å². The first-order valence-corrected chi connectivity index (χ1v) is 6.26. The second-order valence-electron chi connectivity index (χ2n) is 3.80. The monoisotopic (exact) mass is 320 g/mol. The van der Waals surface area contributed by atoms with Crippen LogP contribution in [-0.4, -0.2) is 38.2 Å². The Morgan fingerprint density at radius 3 is 2.28 bits per heavy atom. The molecule has 1 rings (SSSR count). The Labute approximate surface area is 114 Å². The molecule has 0 radical (unpaired) electrons. The summed E-state index contributed by atoms with van der Waals surface area (Å²) in [7, 11) is 0. The Morgan fingerprint density at radius 2 is 1.94 bits per heavy atom. The Morgan fingerprint density at radius 1 is 1.44 bits per heavy atom. The largest absolute Gasteiger partial charge is 0.480 e. The highest BCUT2D eigenvalue weighted by Crippen LogP contribution is 2.37. The van der Waals surface area contributed by atoms with E-state index in [4.69, 9.17) is 15.3 Å². The summed E-state index contributed by atoms with van der Waals surface area (Å²) in [6.07, 6.45) is 5.16. The number of halogens is 1. The van der Waals surface area contributed by atoms with Crippen molar-refractivity contribution in [3.05, 3.63) is 23.8 Å². The Kier molecular flexibility index (Phi) is 6.86. The highest BCUT2D eigenvalue weighted by Gasteiger charge is 2.43. The van der Waals surface area contributed by atoms with Gasteiger partial charge in [-0.05, 0) is 6.42 Å². The minimum absolute atomic E-state index is 0.0896. The first-order valence-electron chi connectivity index (χ1n) is 5.47. The van der Waals surface area contributed by atoms with E-state index in [0.717, 1.165) is 6.42 Å². The summed E-state index contributed by atoms with van der Waals surface area (Å²) in [6, 6.07) is 0. The SMILES string of the molecule is CC1C(C(=O)O)=CC=CC1(Br)C(=O)O.CCCO. The molecule has 6 heteroatoms. The lowest BCUT2D eigenvalue weighted by Crippen LogP contribution is -2.40. The van der Waals surface area contributed by atoms with Crippen LogP contribution in [0.2, 0.25) is 0 Å². The number of hydrogen-bond donors (Lipinski definition) is 3. The van der Waals surface area contributed by atoms with Crippen molar-refractivity contribution in [2.24, 2.45) is 5.92 Å². The molecule has 2 unspecified atom stereocenters. The summed E-state index contributed by atoms with van der Waals surface area (Å²) in [5.41, 5.74) is 0.0896. The molecule has 0 saturated carbocycles. The zero-order valence-corrected chi connectivity index (χ0v) is 11.8. The average molecular weight is 321 g/mol. The molecule has 0 aromatic heterocycles. The van der Waals surface area contributed by atoms with Crippen molar-refractivity contribution in [1.29, 1.82) is 0 Å². The summed E-state index contributed by atoms with van der Waals surface area (Å²) >= 11 is 3.04. The molecule has 5 nitrogen and oxygen atoms in total. The topological polar surface area (TPSA) is 94.8 Å². The zero-order chi connectivity index (χ0) is 14.3. The number of aliphatic carboxylic acids is 2. The van der Waals surface area contributed by atoms with E-state index in [1.54, 1.807) is 6.92 Å². The fourth-order valence-electron chi connectivity index (χ4n) is 1.32. The van der Waals surface area contributed by atoms with Gasteiger partial charge in [0.05, 0.1) is 0 Å². The molecule has 1 aliphatic rings. The maximum absolute atomic E-state index is 10.9. The number of hydrogen-bond acceptors (Lipinski definition) is 3. The summed E-state index contributed by atoms with van der Waals surface area (Å²) in [4.78, 5) is 21.7. The van der Waals surface area contributed by atoms with Crippen LogP contribution in [0.15, 0.2) is 23.8 Å². The third kappa shape index (κ3) is 3.96. The quantitative estimate of drug-likeness (QED) is 0.689. The number of aliphatic hydroxyl groups is 1. The molecule has 18 heavy (non-hydrogen) atoms. The van der Waals surface area contributed by atoms with Crippen LogP contribution in [0.3, 0.4) is 0 Å². The summed E-state index contributed by atoms with van der Waals surface area (Å²) in [5, 5.41) is 25.6. The molecule has 0 heterocycles. The van der Waals surface area contributed by atoms with Crippen molar-refractivity contribution >= 4 is 27.9 Å². The number of alkyl halides is 1. The number of carboxylic acid groups (broad SMARTS) is 2. The van der Waals surface area contributed by atoms with Gasteiger partial charge in [0.25, 0.3) is 0 Å². The van der Waals surface area contributed by atoms with Gasteiger partial charge in [-0.1, -0.05) is 48.0 Å². The van der Waals surface area contributed by atoms with Gasteiger partial charge >= 0.3 is 11.9 Å². The summed E-state index contributed by atoms with van der Waals surface area (Å²) in [6.45, 7) is 3.81. The van der Waals surface area contributed by atoms with Gasteiger partial charge in [-0.25, -0.2) is 4.79 Å². The second kappa shape index (κ2) is 7.33. The first kappa shape index (κ1) is 16.9. The predicted molar refractivity (Wildman–Crippen MR) is 70.7 cm³/mol. The average Bonchev–Trinajstić information content (AvgIpc) is 2.32. The first-order chi connectivity index (χ1) is 8.31. The lowest BCUT2D eigenvalue weighted by Gasteiger charge is -2.29. The highest BCUT2D eigenvalue weighted by atomic mass is 79.9. The third-order valence-corrected chi connectivity index (χ3v) is 3.80. The van der Waals surface area contributed by atoms with Crippen LogP contribution in [0, 0.1) is 5.92 Å². The van der Waals surface area contributed by atoms with Gasteiger partial charge in [0.15, 0.2) is 0 Å². The van der Waals surface area contributed by atoms with Crippen LogP contribution in [0.4, 0.5) is 0 Å². The molecule has 0 aromatic carbocycles. The third-order valence-electron chi connectivity index (χ3n) is 2.51. The molecule has 3 N–H and O–H groups in total. The van der Waals surface area contributed by atoms with Crippen LogP contribution in [0.1, 0.15) is 20.3 Å². The van der Waals surface area contributed by atoms with Gasteiger partial charge in [0, 0.05) is 18.1 Å². The van der Waals surface area contributed by atoms with Crippen LogP contribution in [0.5, 0.6) is 0 Å². The van der Waals surface area contributed by atoms with E-state index >= 15 is 0 Å². The van der Waals surface area contributed by atoms with Crippen molar-refractivity contribution in [1.82, 2.24) is 0 Å². The standard InChI is InChI=1S/C9H9BrO4.C3H8O/c1-5-6(7(11)12)3-2-4-9(5,10)8(13)14;1-2-3-4/h2-5H,1H3,(H,11,12)(H,13,14);4H,2-3H2,1H3. The summed E-state index contributed by atoms with van der Waals surface area (Å²) < 4.78 is -1.31. The van der Waals surface area contributed by atoms with E-state index in [-0.39, 0.29) is 5.57 Å². The number of carboxylic acids is 2. The van der Waals surface area contributed by atoms with E-state index < -0.39 is 22.2 Å². The van der Waals surface area contributed by atoms with Gasteiger partial charge in [0.2, 0.25) is 0 Å². The van der Waals surface area contributed by atoms with Crippen LogP contribution < -0.4 is 0 Å². The Hall–Kier alpha value is -1.14. The van der Waals surface area contributed by atoms with Crippen LogP contribution in [0.25, 0.3) is 0 Å². The molecule has 2 atom stereocenters. The molecule has 0 spiro atoms. The fourth-order valence-corrected chi connectivity index (χ4v) is 1.72. The lowest BCUT2D eigenvalue weighted by atomic mass is 9.83. The van der Waals surface area contributed by atoms with Crippen molar-refractivity contribution in [2.45, 2.75) is 24.6 Å². The zero-order valence-electron chi connectivity index (χ0n) is 10.3. The van der Waals surface area contributed by atoms with E-state index in [2.05, 4.69) is 15.9 Å². The second-order valence-corrected chi connectivity index (χ2v) is 5.12. The Balaban J connectivity index is 0.000000631.